The van der Waals surface area contributed by atoms with E-state index in [1.165, 1.54) is 16.4 Å². The minimum absolute atomic E-state index is 0.0127. The van der Waals surface area contributed by atoms with Crippen LogP contribution in [-0.2, 0) is 14.8 Å². The number of rotatable bonds is 5. The number of sulfonamides is 1. The van der Waals surface area contributed by atoms with Crippen LogP contribution in [0.25, 0.3) is 0 Å². The van der Waals surface area contributed by atoms with Crippen molar-refractivity contribution in [3.8, 4) is 0 Å². The number of carbonyl (C=O) groups excluding carboxylic acids is 1. The summed E-state index contributed by atoms with van der Waals surface area (Å²) >= 11 is 11.9. The summed E-state index contributed by atoms with van der Waals surface area (Å²) in [6, 6.07) is 4.35. The Kier molecular flexibility index (Phi) is 6.31. The smallest absolute Gasteiger partial charge is 0.244 e. The summed E-state index contributed by atoms with van der Waals surface area (Å²) < 4.78 is 26.9. The highest BCUT2D eigenvalue weighted by Gasteiger charge is 2.34. The molecule has 0 aliphatic carbocycles. The third-order valence-electron chi connectivity index (χ3n) is 3.82. The molecule has 2 rings (SSSR count). The second kappa shape index (κ2) is 7.83. The Morgan fingerprint density at radius 2 is 2.13 bits per heavy atom. The van der Waals surface area contributed by atoms with Crippen LogP contribution >= 0.6 is 23.2 Å². The molecule has 1 aromatic rings. The van der Waals surface area contributed by atoms with Crippen LogP contribution in [0.4, 0.5) is 0 Å². The van der Waals surface area contributed by atoms with Crippen molar-refractivity contribution in [1.82, 2.24) is 9.62 Å². The molecule has 1 aromatic carbocycles. The van der Waals surface area contributed by atoms with Crippen LogP contribution < -0.4 is 5.32 Å². The van der Waals surface area contributed by atoms with Gasteiger partial charge in [0.25, 0.3) is 0 Å². The van der Waals surface area contributed by atoms with E-state index in [0.717, 1.165) is 6.42 Å². The van der Waals surface area contributed by atoms with Crippen molar-refractivity contribution >= 4 is 39.1 Å². The zero-order valence-electron chi connectivity index (χ0n) is 12.9. The quantitative estimate of drug-likeness (QED) is 0.856. The van der Waals surface area contributed by atoms with Crippen molar-refractivity contribution in [2.45, 2.75) is 31.1 Å². The maximum absolute atomic E-state index is 12.8. The van der Waals surface area contributed by atoms with Gasteiger partial charge < -0.3 is 5.32 Å². The van der Waals surface area contributed by atoms with Crippen molar-refractivity contribution in [1.29, 1.82) is 0 Å². The van der Waals surface area contributed by atoms with E-state index in [-0.39, 0.29) is 28.3 Å². The van der Waals surface area contributed by atoms with Crippen LogP contribution in [0.5, 0.6) is 0 Å². The lowest BCUT2D eigenvalue weighted by Gasteiger charge is -2.31. The van der Waals surface area contributed by atoms with E-state index in [1.54, 1.807) is 6.07 Å². The molecular formula is C15H20Cl2N2O3S. The fourth-order valence-electron chi connectivity index (χ4n) is 2.58. The largest absolute Gasteiger partial charge is 0.356 e. The first-order valence-corrected chi connectivity index (χ1v) is 9.78. The summed E-state index contributed by atoms with van der Waals surface area (Å²) in [4.78, 5) is 12.1. The minimum Gasteiger partial charge on any atom is -0.356 e. The van der Waals surface area contributed by atoms with Gasteiger partial charge in [-0.2, -0.15) is 4.31 Å². The van der Waals surface area contributed by atoms with Gasteiger partial charge in [-0.05, 0) is 37.5 Å². The fraction of sp³-hybridized carbons (Fsp3) is 0.533. The third kappa shape index (κ3) is 4.38. The van der Waals surface area contributed by atoms with Crippen LogP contribution in [-0.4, -0.2) is 38.3 Å². The van der Waals surface area contributed by atoms with E-state index >= 15 is 0 Å². The summed E-state index contributed by atoms with van der Waals surface area (Å²) in [6.45, 7) is 3.12. The van der Waals surface area contributed by atoms with Gasteiger partial charge in [-0.25, -0.2) is 8.42 Å². The minimum atomic E-state index is -3.77. The Balaban J connectivity index is 2.19. The third-order valence-corrected chi connectivity index (χ3v) is 6.40. The van der Waals surface area contributed by atoms with E-state index < -0.39 is 10.0 Å². The molecule has 1 heterocycles. The van der Waals surface area contributed by atoms with Gasteiger partial charge in [0.15, 0.2) is 0 Å². The number of nitrogens with one attached hydrogen (secondary N) is 1. The number of nitrogens with zero attached hydrogens (tertiary/aromatic N) is 1. The topological polar surface area (TPSA) is 66.5 Å². The van der Waals surface area contributed by atoms with Crippen LogP contribution in [0.3, 0.4) is 0 Å². The van der Waals surface area contributed by atoms with Gasteiger partial charge in [-0.15, -0.1) is 0 Å². The van der Waals surface area contributed by atoms with Crippen molar-refractivity contribution < 1.29 is 13.2 Å². The molecule has 1 aliphatic heterocycles. The number of benzene rings is 1. The number of amides is 1. The van der Waals surface area contributed by atoms with Crippen molar-refractivity contribution in [2.75, 3.05) is 19.6 Å². The molecule has 0 saturated carbocycles. The zero-order chi connectivity index (χ0) is 17.0. The van der Waals surface area contributed by atoms with E-state index in [9.17, 15) is 13.2 Å². The average molecular weight is 379 g/mol. The first-order chi connectivity index (χ1) is 10.9. The number of hydrogen-bond donors (Lipinski definition) is 1. The Labute approximate surface area is 147 Å². The van der Waals surface area contributed by atoms with Gasteiger partial charge in [0.2, 0.25) is 15.9 Å². The van der Waals surface area contributed by atoms with Crippen LogP contribution in [0.1, 0.15) is 26.2 Å². The van der Waals surface area contributed by atoms with Crippen LogP contribution in [0.2, 0.25) is 10.0 Å². The summed E-state index contributed by atoms with van der Waals surface area (Å²) in [6.07, 6.45) is 2.17. The molecule has 1 saturated heterocycles. The second-order valence-electron chi connectivity index (χ2n) is 5.57. The molecule has 1 N–H and O–H groups in total. The lowest BCUT2D eigenvalue weighted by atomic mass is 9.99. The van der Waals surface area contributed by atoms with Gasteiger partial charge in [0, 0.05) is 24.7 Å². The predicted octanol–water partition coefficient (Wildman–Crippen LogP) is 2.92. The number of carbonyl (C=O) groups is 1. The molecule has 0 spiro atoms. The van der Waals surface area contributed by atoms with Gasteiger partial charge in [0.05, 0.1) is 10.9 Å². The number of hydrogen-bond acceptors (Lipinski definition) is 3. The van der Waals surface area contributed by atoms with Crippen molar-refractivity contribution in [2.24, 2.45) is 5.92 Å². The lowest BCUT2D eigenvalue weighted by molar-refractivity contribution is -0.126. The van der Waals surface area contributed by atoms with Crippen molar-refractivity contribution in [3.63, 3.8) is 0 Å². The summed E-state index contributed by atoms with van der Waals surface area (Å²) in [5, 5.41) is 3.27. The summed E-state index contributed by atoms with van der Waals surface area (Å²) in [7, 11) is -3.77. The maximum atomic E-state index is 12.8. The molecule has 0 aromatic heterocycles. The highest BCUT2D eigenvalue weighted by molar-refractivity contribution is 7.89. The molecule has 23 heavy (non-hydrogen) atoms. The zero-order valence-corrected chi connectivity index (χ0v) is 15.2. The fourth-order valence-corrected chi connectivity index (χ4v) is 4.84. The Hall–Kier alpha value is -0.820. The number of halogens is 2. The number of piperidine rings is 1. The average Bonchev–Trinajstić information content (AvgIpc) is 2.54. The molecule has 0 unspecified atom stereocenters. The highest BCUT2D eigenvalue weighted by atomic mass is 35.5. The molecule has 1 amide bonds. The van der Waals surface area contributed by atoms with E-state index in [2.05, 4.69) is 5.32 Å². The van der Waals surface area contributed by atoms with E-state index in [4.69, 9.17) is 23.2 Å². The Morgan fingerprint density at radius 3 is 2.83 bits per heavy atom. The Bertz CT molecular complexity index is 679. The Morgan fingerprint density at radius 1 is 1.39 bits per heavy atom. The molecule has 8 heteroatoms. The highest BCUT2D eigenvalue weighted by Crippen LogP contribution is 2.30. The van der Waals surface area contributed by atoms with Gasteiger partial charge in [-0.3, -0.25) is 4.79 Å². The molecule has 128 valence electrons. The first-order valence-electron chi connectivity index (χ1n) is 7.59. The van der Waals surface area contributed by atoms with Gasteiger partial charge in [-0.1, -0.05) is 30.1 Å². The molecule has 0 radical (unpaired) electrons. The monoisotopic (exact) mass is 378 g/mol. The van der Waals surface area contributed by atoms with Crippen molar-refractivity contribution in [3.05, 3.63) is 28.2 Å². The second-order valence-corrected chi connectivity index (χ2v) is 8.32. The summed E-state index contributed by atoms with van der Waals surface area (Å²) in [5.74, 6) is -0.424. The summed E-state index contributed by atoms with van der Waals surface area (Å²) in [5.41, 5.74) is 0. The van der Waals surface area contributed by atoms with E-state index in [0.29, 0.717) is 31.0 Å². The maximum Gasteiger partial charge on any atom is 0.244 e. The lowest BCUT2D eigenvalue weighted by Crippen LogP contribution is -2.45. The van der Waals surface area contributed by atoms with Crippen LogP contribution in [0, 0.1) is 5.92 Å². The molecule has 1 aliphatic rings. The predicted molar refractivity (Wildman–Crippen MR) is 91.2 cm³/mol. The molecule has 5 nitrogen and oxygen atoms in total. The normalized spacial score (nSPS) is 19.5. The van der Waals surface area contributed by atoms with Crippen LogP contribution in [0.15, 0.2) is 23.1 Å². The van der Waals surface area contributed by atoms with E-state index in [1.807, 2.05) is 6.92 Å². The first kappa shape index (κ1) is 18.5. The van der Waals surface area contributed by atoms with Gasteiger partial charge >= 0.3 is 0 Å². The molecule has 1 atom stereocenters. The molecule has 1 fully saturated rings. The molecular weight excluding hydrogens is 359 g/mol. The van der Waals surface area contributed by atoms with Gasteiger partial charge in [0.1, 0.15) is 4.90 Å². The standard InChI is InChI=1S/C15H20Cl2N2O3S/c1-2-7-18-15(20)11-4-3-8-19(10-11)23(21,22)14-9-12(16)5-6-13(14)17/h5-6,9,11H,2-4,7-8,10H2,1H3,(H,18,20)/t11-/m0/s1. The molecule has 0 bridgehead atoms. The SMILES string of the molecule is CCCNC(=O)[C@H]1CCCN(S(=O)(=O)c2cc(Cl)ccc2Cl)C1.